The molecule has 0 radical (unpaired) electrons. The highest BCUT2D eigenvalue weighted by Crippen LogP contribution is 2.19. The Morgan fingerprint density at radius 1 is 1.04 bits per heavy atom. The molecule has 0 saturated carbocycles. The zero-order valence-electron chi connectivity index (χ0n) is 16.1. The maximum Gasteiger partial charge on any atom is 0.223 e. The summed E-state index contributed by atoms with van der Waals surface area (Å²) < 4.78 is 0. The largest absolute Gasteiger partial charge is 0.368 e. The first-order valence-electron chi connectivity index (χ1n) is 9.89. The normalized spacial score (nSPS) is 21.7. The molecule has 2 aliphatic heterocycles. The highest BCUT2D eigenvalue weighted by atomic mass is 16.2. The van der Waals surface area contributed by atoms with Gasteiger partial charge in [-0.25, -0.2) is 0 Å². The van der Waals surface area contributed by atoms with Crippen LogP contribution in [0.1, 0.15) is 43.5 Å². The molecule has 2 saturated heterocycles. The van der Waals surface area contributed by atoms with Gasteiger partial charge in [-0.1, -0.05) is 6.92 Å². The number of carbonyl (C=O) groups is 2. The van der Waals surface area contributed by atoms with Gasteiger partial charge >= 0.3 is 0 Å². The monoisotopic (exact) mass is 357 g/mol. The average molecular weight is 357 g/mol. The number of Topliss-reactive ketones (excluding diaryl/α,β-unsaturated/α-hetero) is 1. The zero-order chi connectivity index (χ0) is 18.5. The van der Waals surface area contributed by atoms with Crippen molar-refractivity contribution < 1.29 is 9.59 Å². The van der Waals surface area contributed by atoms with E-state index in [1.54, 1.807) is 6.92 Å². The number of anilines is 1. The van der Waals surface area contributed by atoms with Crippen LogP contribution in [-0.4, -0.2) is 67.3 Å². The second kappa shape index (κ2) is 8.67. The summed E-state index contributed by atoms with van der Waals surface area (Å²) in [4.78, 5) is 30.7. The molecule has 0 aromatic heterocycles. The van der Waals surface area contributed by atoms with Crippen molar-refractivity contribution in [3.63, 3.8) is 0 Å². The van der Waals surface area contributed by atoms with Crippen molar-refractivity contribution in [2.24, 2.45) is 5.92 Å². The van der Waals surface area contributed by atoms with Crippen molar-refractivity contribution in [3.05, 3.63) is 29.8 Å². The number of benzene rings is 1. The second-order valence-electron chi connectivity index (χ2n) is 7.77. The molecule has 5 heteroatoms. The summed E-state index contributed by atoms with van der Waals surface area (Å²) in [5, 5.41) is 0. The minimum absolute atomic E-state index is 0.0927. The van der Waals surface area contributed by atoms with Gasteiger partial charge in [-0.3, -0.25) is 9.59 Å². The van der Waals surface area contributed by atoms with Gasteiger partial charge in [0, 0.05) is 56.9 Å². The lowest BCUT2D eigenvalue weighted by Crippen LogP contribution is -2.49. The highest BCUT2D eigenvalue weighted by molar-refractivity contribution is 5.94. The zero-order valence-corrected chi connectivity index (χ0v) is 16.1. The van der Waals surface area contributed by atoms with E-state index in [4.69, 9.17) is 0 Å². The molecular weight excluding hydrogens is 326 g/mol. The summed E-state index contributed by atoms with van der Waals surface area (Å²) in [7, 11) is 0. The van der Waals surface area contributed by atoms with Crippen LogP contribution in [0.2, 0.25) is 0 Å². The van der Waals surface area contributed by atoms with Gasteiger partial charge in [0.05, 0.1) is 0 Å². The molecule has 2 aliphatic rings. The van der Waals surface area contributed by atoms with Crippen molar-refractivity contribution in [3.8, 4) is 0 Å². The molecule has 0 aliphatic carbocycles. The fraction of sp³-hybridized carbons (Fsp3) is 0.619. The van der Waals surface area contributed by atoms with Crippen molar-refractivity contribution >= 4 is 17.4 Å². The number of piperazine rings is 1. The number of rotatable bonds is 5. The highest BCUT2D eigenvalue weighted by Gasteiger charge is 2.23. The summed E-state index contributed by atoms with van der Waals surface area (Å²) in [5.74, 6) is 1.14. The molecule has 2 heterocycles. The van der Waals surface area contributed by atoms with Crippen LogP contribution in [0.5, 0.6) is 0 Å². The maximum absolute atomic E-state index is 12.5. The fourth-order valence-electron chi connectivity index (χ4n) is 4.02. The van der Waals surface area contributed by atoms with E-state index in [-0.39, 0.29) is 11.7 Å². The van der Waals surface area contributed by atoms with E-state index in [2.05, 4.69) is 16.7 Å². The van der Waals surface area contributed by atoms with Crippen LogP contribution in [0.15, 0.2) is 24.3 Å². The molecule has 5 nitrogen and oxygen atoms in total. The molecular formula is C21H31N3O2. The Morgan fingerprint density at radius 2 is 1.73 bits per heavy atom. The number of nitrogens with zero attached hydrogens (tertiary/aromatic N) is 3. The smallest absolute Gasteiger partial charge is 0.223 e. The quantitative estimate of drug-likeness (QED) is 0.760. The van der Waals surface area contributed by atoms with Gasteiger partial charge in [-0.2, -0.15) is 0 Å². The molecule has 1 aromatic rings. The van der Waals surface area contributed by atoms with Crippen molar-refractivity contribution in [2.75, 3.05) is 50.7 Å². The third-order valence-corrected chi connectivity index (χ3v) is 5.65. The van der Waals surface area contributed by atoms with Gasteiger partial charge in [-0.05, 0) is 56.5 Å². The third-order valence-electron chi connectivity index (χ3n) is 5.65. The van der Waals surface area contributed by atoms with Crippen LogP contribution in [0.3, 0.4) is 0 Å². The Morgan fingerprint density at radius 3 is 2.35 bits per heavy atom. The summed E-state index contributed by atoms with van der Waals surface area (Å²) in [5.41, 5.74) is 1.87. The van der Waals surface area contributed by atoms with Crippen molar-refractivity contribution in [2.45, 2.75) is 33.1 Å². The second-order valence-corrected chi connectivity index (χ2v) is 7.77. The first-order chi connectivity index (χ1) is 12.5. The van der Waals surface area contributed by atoms with Gasteiger partial charge in [0.2, 0.25) is 5.91 Å². The van der Waals surface area contributed by atoms with E-state index in [0.717, 1.165) is 63.0 Å². The SMILES string of the molecule is CC(=O)c1ccc(N2CCN(C(=O)CCN3CCC[C@H](C)C3)CC2)cc1. The molecule has 0 unspecified atom stereocenters. The fourth-order valence-corrected chi connectivity index (χ4v) is 4.02. The van der Waals surface area contributed by atoms with Crippen LogP contribution in [0.25, 0.3) is 0 Å². The summed E-state index contributed by atoms with van der Waals surface area (Å²) >= 11 is 0. The number of hydrogen-bond acceptors (Lipinski definition) is 4. The topological polar surface area (TPSA) is 43.9 Å². The van der Waals surface area contributed by atoms with Crippen molar-refractivity contribution in [1.82, 2.24) is 9.80 Å². The number of amides is 1. The first kappa shape index (κ1) is 18.9. The molecule has 0 bridgehead atoms. The van der Waals surface area contributed by atoms with Gasteiger partial charge in [0.25, 0.3) is 0 Å². The Labute approximate surface area is 156 Å². The average Bonchev–Trinajstić information content (AvgIpc) is 2.66. The summed E-state index contributed by atoms with van der Waals surface area (Å²) in [6, 6.07) is 7.78. The van der Waals surface area contributed by atoms with E-state index in [1.165, 1.54) is 12.8 Å². The molecule has 142 valence electrons. The predicted octanol–water partition coefficient (Wildman–Crippen LogP) is 2.66. The molecule has 3 rings (SSSR count). The van der Waals surface area contributed by atoms with Gasteiger partial charge in [0.15, 0.2) is 5.78 Å². The number of piperidine rings is 1. The maximum atomic E-state index is 12.5. The minimum Gasteiger partial charge on any atom is -0.368 e. The Hall–Kier alpha value is -1.88. The Balaban J connectivity index is 1.44. The molecule has 0 spiro atoms. The van der Waals surface area contributed by atoms with Gasteiger partial charge in [-0.15, -0.1) is 0 Å². The van der Waals surface area contributed by atoms with Crippen LogP contribution < -0.4 is 4.90 Å². The number of ketones is 1. The number of hydrogen-bond donors (Lipinski definition) is 0. The molecule has 1 aromatic carbocycles. The number of carbonyl (C=O) groups excluding carboxylic acids is 2. The van der Waals surface area contributed by atoms with E-state index in [1.807, 2.05) is 29.2 Å². The summed E-state index contributed by atoms with van der Waals surface area (Å²) in [6.45, 7) is 10.3. The molecule has 0 N–H and O–H groups in total. The van der Waals surface area contributed by atoms with Crippen LogP contribution >= 0.6 is 0 Å². The minimum atomic E-state index is 0.0927. The molecule has 26 heavy (non-hydrogen) atoms. The van der Waals surface area contributed by atoms with E-state index >= 15 is 0 Å². The summed E-state index contributed by atoms with van der Waals surface area (Å²) in [6.07, 6.45) is 3.22. The third kappa shape index (κ3) is 4.85. The van der Waals surface area contributed by atoms with Gasteiger partial charge in [0.1, 0.15) is 0 Å². The van der Waals surface area contributed by atoms with Crippen molar-refractivity contribution in [1.29, 1.82) is 0 Å². The molecule has 1 atom stereocenters. The Bertz CT molecular complexity index is 621. The van der Waals surface area contributed by atoms with Crippen LogP contribution in [0.4, 0.5) is 5.69 Å². The van der Waals surface area contributed by atoms with Crippen LogP contribution in [-0.2, 0) is 4.79 Å². The lowest BCUT2D eigenvalue weighted by atomic mass is 10.0. The lowest BCUT2D eigenvalue weighted by molar-refractivity contribution is -0.131. The van der Waals surface area contributed by atoms with E-state index in [9.17, 15) is 9.59 Å². The molecule has 2 fully saturated rings. The predicted molar refractivity (Wildman–Crippen MR) is 105 cm³/mol. The molecule has 1 amide bonds. The van der Waals surface area contributed by atoms with Gasteiger partial charge < -0.3 is 14.7 Å². The standard InChI is InChI=1S/C21H31N3O2/c1-17-4-3-10-22(16-17)11-9-21(26)24-14-12-23(13-15-24)20-7-5-19(6-8-20)18(2)25/h5-8,17H,3-4,9-16H2,1-2H3/t17-/m0/s1. The number of likely N-dealkylation sites (tertiary alicyclic amines) is 1. The van der Waals surface area contributed by atoms with E-state index < -0.39 is 0 Å². The van der Waals surface area contributed by atoms with Crippen LogP contribution in [0, 0.1) is 5.92 Å². The Kier molecular flexibility index (Phi) is 6.30. The first-order valence-corrected chi connectivity index (χ1v) is 9.89. The van der Waals surface area contributed by atoms with E-state index in [0.29, 0.717) is 6.42 Å². The lowest BCUT2D eigenvalue weighted by Gasteiger charge is -2.37.